The Labute approximate surface area is 87.2 Å². The Morgan fingerprint density at radius 1 is 1.62 bits per heavy atom. The number of alkyl halides is 1. The number of rotatable bonds is 4. The molecule has 0 amide bonds. The zero-order valence-corrected chi connectivity index (χ0v) is 9.84. The first-order valence-electron chi connectivity index (χ1n) is 4.21. The number of hydrogen-bond acceptors (Lipinski definition) is 2. The number of ether oxygens (including phenoxy) is 1. The van der Waals surface area contributed by atoms with Crippen molar-refractivity contribution in [3.8, 4) is 5.75 Å². The van der Waals surface area contributed by atoms with Gasteiger partial charge in [-0.2, -0.15) is 5.10 Å². The average Bonchev–Trinajstić information content (AvgIpc) is 2.48. The highest BCUT2D eigenvalue weighted by Gasteiger charge is 2.17. The minimum atomic E-state index is 0.163. The topological polar surface area (TPSA) is 27.1 Å². The SMILES string of the molecule is Cn1cc(OCC(C)(C)CBr)cn1. The van der Waals surface area contributed by atoms with Crippen molar-refractivity contribution in [2.24, 2.45) is 12.5 Å². The van der Waals surface area contributed by atoms with E-state index in [2.05, 4.69) is 34.9 Å². The molecule has 0 radical (unpaired) electrons. The number of aryl methyl sites for hydroxylation is 1. The van der Waals surface area contributed by atoms with Gasteiger partial charge in [-0.25, -0.2) is 0 Å². The molecular weight excluding hydrogens is 232 g/mol. The van der Waals surface area contributed by atoms with Gasteiger partial charge in [0, 0.05) is 17.8 Å². The van der Waals surface area contributed by atoms with E-state index in [0.717, 1.165) is 11.1 Å². The lowest BCUT2D eigenvalue weighted by Crippen LogP contribution is -2.22. The van der Waals surface area contributed by atoms with Crippen molar-refractivity contribution < 1.29 is 4.74 Å². The zero-order chi connectivity index (χ0) is 9.90. The van der Waals surface area contributed by atoms with E-state index >= 15 is 0 Å². The molecule has 0 fully saturated rings. The van der Waals surface area contributed by atoms with Crippen LogP contribution < -0.4 is 4.74 Å². The second kappa shape index (κ2) is 4.13. The Hall–Kier alpha value is -0.510. The maximum atomic E-state index is 5.57. The van der Waals surface area contributed by atoms with Gasteiger partial charge in [0.15, 0.2) is 5.75 Å². The maximum absolute atomic E-state index is 5.57. The number of nitrogens with zero attached hydrogens (tertiary/aromatic N) is 2. The number of halogens is 1. The predicted molar refractivity (Wildman–Crippen MR) is 56.3 cm³/mol. The molecule has 0 saturated carbocycles. The van der Waals surface area contributed by atoms with E-state index in [1.54, 1.807) is 10.9 Å². The van der Waals surface area contributed by atoms with Crippen LogP contribution in [-0.4, -0.2) is 21.7 Å². The van der Waals surface area contributed by atoms with Crippen molar-refractivity contribution in [3.05, 3.63) is 12.4 Å². The minimum Gasteiger partial charge on any atom is -0.490 e. The Balaban J connectivity index is 2.43. The van der Waals surface area contributed by atoms with Crippen LogP contribution in [0, 0.1) is 5.41 Å². The molecule has 3 nitrogen and oxygen atoms in total. The Kier molecular flexibility index (Phi) is 3.36. The number of hydrogen-bond donors (Lipinski definition) is 0. The van der Waals surface area contributed by atoms with Gasteiger partial charge in [-0.1, -0.05) is 29.8 Å². The second-order valence-electron chi connectivity index (χ2n) is 3.94. The molecule has 0 atom stereocenters. The molecule has 13 heavy (non-hydrogen) atoms. The fraction of sp³-hybridized carbons (Fsp3) is 0.667. The summed E-state index contributed by atoms with van der Waals surface area (Å²) in [5.74, 6) is 0.830. The summed E-state index contributed by atoms with van der Waals surface area (Å²) in [6.45, 7) is 5.00. The smallest absolute Gasteiger partial charge is 0.157 e. The molecule has 0 aliphatic heterocycles. The molecule has 0 spiro atoms. The first-order chi connectivity index (χ1) is 6.03. The lowest BCUT2D eigenvalue weighted by atomic mass is 9.99. The van der Waals surface area contributed by atoms with Crippen molar-refractivity contribution >= 4 is 15.9 Å². The van der Waals surface area contributed by atoms with Gasteiger partial charge in [0.2, 0.25) is 0 Å². The van der Waals surface area contributed by atoms with Crippen LogP contribution in [0.25, 0.3) is 0 Å². The Bertz CT molecular complexity index is 270. The molecule has 1 heterocycles. The van der Waals surface area contributed by atoms with Crippen molar-refractivity contribution in [1.82, 2.24) is 9.78 Å². The third-order valence-corrected chi connectivity index (χ3v) is 3.19. The van der Waals surface area contributed by atoms with Crippen LogP contribution in [0.1, 0.15) is 13.8 Å². The van der Waals surface area contributed by atoms with Crippen LogP contribution in [0.4, 0.5) is 0 Å². The molecule has 0 aliphatic rings. The first-order valence-corrected chi connectivity index (χ1v) is 5.33. The van der Waals surface area contributed by atoms with E-state index in [9.17, 15) is 0 Å². The summed E-state index contributed by atoms with van der Waals surface area (Å²) in [5.41, 5.74) is 0.163. The normalized spacial score (nSPS) is 11.7. The fourth-order valence-corrected chi connectivity index (χ4v) is 0.952. The molecule has 0 aliphatic carbocycles. The van der Waals surface area contributed by atoms with Gasteiger partial charge in [0.05, 0.1) is 19.0 Å². The van der Waals surface area contributed by atoms with Crippen molar-refractivity contribution in [2.75, 3.05) is 11.9 Å². The van der Waals surface area contributed by atoms with Gasteiger partial charge in [0.1, 0.15) is 0 Å². The van der Waals surface area contributed by atoms with Crippen molar-refractivity contribution in [2.45, 2.75) is 13.8 Å². The van der Waals surface area contributed by atoms with Crippen LogP contribution >= 0.6 is 15.9 Å². The largest absolute Gasteiger partial charge is 0.490 e. The Morgan fingerprint density at radius 3 is 2.77 bits per heavy atom. The first kappa shape index (κ1) is 10.6. The van der Waals surface area contributed by atoms with Crippen LogP contribution in [-0.2, 0) is 7.05 Å². The summed E-state index contributed by atoms with van der Waals surface area (Å²) in [4.78, 5) is 0. The molecule has 1 aromatic heterocycles. The van der Waals surface area contributed by atoms with Crippen molar-refractivity contribution in [1.29, 1.82) is 0 Å². The van der Waals surface area contributed by atoms with Crippen LogP contribution in [0.3, 0.4) is 0 Å². The molecule has 0 unspecified atom stereocenters. The van der Waals surface area contributed by atoms with Gasteiger partial charge < -0.3 is 4.74 Å². The summed E-state index contributed by atoms with van der Waals surface area (Å²) in [7, 11) is 1.88. The summed E-state index contributed by atoms with van der Waals surface area (Å²) >= 11 is 3.45. The highest BCUT2D eigenvalue weighted by molar-refractivity contribution is 9.09. The van der Waals surface area contributed by atoms with E-state index in [1.807, 2.05) is 13.2 Å². The third-order valence-electron chi connectivity index (χ3n) is 1.67. The molecule has 4 heteroatoms. The Morgan fingerprint density at radius 2 is 2.31 bits per heavy atom. The summed E-state index contributed by atoms with van der Waals surface area (Å²) < 4.78 is 7.30. The van der Waals surface area contributed by atoms with E-state index in [-0.39, 0.29) is 5.41 Å². The van der Waals surface area contributed by atoms with Gasteiger partial charge >= 0.3 is 0 Å². The van der Waals surface area contributed by atoms with Gasteiger partial charge in [-0.15, -0.1) is 0 Å². The molecule has 0 bridgehead atoms. The molecule has 1 aromatic rings. The molecule has 0 N–H and O–H groups in total. The zero-order valence-electron chi connectivity index (χ0n) is 8.25. The highest BCUT2D eigenvalue weighted by Crippen LogP contribution is 2.20. The van der Waals surface area contributed by atoms with Gasteiger partial charge in [0.25, 0.3) is 0 Å². The monoisotopic (exact) mass is 246 g/mol. The number of aromatic nitrogens is 2. The molecule has 74 valence electrons. The predicted octanol–water partition coefficient (Wildman–Crippen LogP) is 2.22. The van der Waals surface area contributed by atoms with Crippen LogP contribution in [0.5, 0.6) is 5.75 Å². The molecule has 0 aromatic carbocycles. The third kappa shape index (κ3) is 3.38. The van der Waals surface area contributed by atoms with Crippen molar-refractivity contribution in [3.63, 3.8) is 0 Å². The van der Waals surface area contributed by atoms with E-state index in [1.165, 1.54) is 0 Å². The summed E-state index contributed by atoms with van der Waals surface area (Å²) in [5, 5.41) is 4.95. The van der Waals surface area contributed by atoms with E-state index in [4.69, 9.17) is 4.74 Å². The second-order valence-corrected chi connectivity index (χ2v) is 4.50. The highest BCUT2D eigenvalue weighted by atomic mass is 79.9. The fourth-order valence-electron chi connectivity index (χ4n) is 0.791. The van der Waals surface area contributed by atoms with E-state index < -0.39 is 0 Å². The summed E-state index contributed by atoms with van der Waals surface area (Å²) in [6.07, 6.45) is 3.59. The molecule has 1 rings (SSSR count). The van der Waals surface area contributed by atoms with Crippen LogP contribution in [0.2, 0.25) is 0 Å². The average molecular weight is 247 g/mol. The lowest BCUT2D eigenvalue weighted by Gasteiger charge is -2.20. The lowest BCUT2D eigenvalue weighted by molar-refractivity contribution is 0.203. The summed E-state index contributed by atoms with van der Waals surface area (Å²) in [6, 6.07) is 0. The van der Waals surface area contributed by atoms with Gasteiger partial charge in [-0.05, 0) is 0 Å². The van der Waals surface area contributed by atoms with Crippen LogP contribution in [0.15, 0.2) is 12.4 Å². The van der Waals surface area contributed by atoms with E-state index in [0.29, 0.717) is 6.61 Å². The standard InChI is InChI=1S/C9H15BrN2O/c1-9(2,6-10)7-13-8-4-11-12(3)5-8/h4-5H,6-7H2,1-3H3. The maximum Gasteiger partial charge on any atom is 0.157 e. The van der Waals surface area contributed by atoms with Gasteiger partial charge in [-0.3, -0.25) is 4.68 Å². The molecular formula is C9H15BrN2O. The quantitative estimate of drug-likeness (QED) is 0.763. The minimum absolute atomic E-state index is 0.163. The molecule has 0 saturated heterocycles.